The molecule has 3 aromatic rings. The molecular formula is C22H20BrF2N3O. The molecule has 3 unspecified atom stereocenters. The number of hydrogen-bond acceptors (Lipinski definition) is 3. The molecule has 4 nitrogen and oxygen atoms in total. The second-order valence-corrected chi connectivity index (χ2v) is 8.42. The fourth-order valence-corrected chi connectivity index (χ4v) is 4.71. The first-order chi connectivity index (χ1) is 13.9. The molecule has 150 valence electrons. The van der Waals surface area contributed by atoms with E-state index in [4.69, 9.17) is 0 Å². The van der Waals surface area contributed by atoms with E-state index in [1.165, 1.54) is 12.1 Å². The van der Waals surface area contributed by atoms with Crippen molar-refractivity contribution in [2.24, 2.45) is 5.92 Å². The van der Waals surface area contributed by atoms with Gasteiger partial charge in [-0.15, -0.1) is 0 Å². The van der Waals surface area contributed by atoms with E-state index >= 15 is 8.78 Å². The summed E-state index contributed by atoms with van der Waals surface area (Å²) in [5.74, 6) is -1.95. The molecule has 1 aromatic heterocycles. The van der Waals surface area contributed by atoms with E-state index in [9.17, 15) is 10.4 Å². The van der Waals surface area contributed by atoms with Gasteiger partial charge in [0.2, 0.25) is 0 Å². The average Bonchev–Trinajstić information content (AvgIpc) is 3.05. The van der Waals surface area contributed by atoms with Gasteiger partial charge in [0.05, 0.1) is 24.6 Å². The molecule has 7 heteroatoms. The number of nitrogens with one attached hydrogen (secondary N) is 1. The molecule has 0 radical (unpaired) electrons. The van der Waals surface area contributed by atoms with Crippen LogP contribution in [0, 0.1) is 28.9 Å². The molecule has 2 aromatic carbocycles. The van der Waals surface area contributed by atoms with Crippen LogP contribution in [0.4, 0.5) is 8.78 Å². The Balaban J connectivity index is 1.95. The summed E-state index contributed by atoms with van der Waals surface area (Å²) in [4.78, 5) is 5.28. The summed E-state index contributed by atoms with van der Waals surface area (Å²) >= 11 is 3.14. The lowest BCUT2D eigenvalue weighted by Gasteiger charge is -2.41. The van der Waals surface area contributed by atoms with Crippen LogP contribution < -0.4 is 0 Å². The molecular weight excluding hydrogens is 440 g/mol. The van der Waals surface area contributed by atoms with E-state index in [0.717, 1.165) is 22.2 Å². The maximum atomic E-state index is 15.0. The third kappa shape index (κ3) is 3.46. The van der Waals surface area contributed by atoms with Crippen LogP contribution in [0.2, 0.25) is 0 Å². The Kier molecular flexibility index (Phi) is 5.43. The minimum atomic E-state index is -0.725. The van der Waals surface area contributed by atoms with Gasteiger partial charge < -0.3 is 10.1 Å². The van der Waals surface area contributed by atoms with Crippen LogP contribution in [0.3, 0.4) is 0 Å². The van der Waals surface area contributed by atoms with E-state index in [2.05, 4.69) is 27.0 Å². The maximum Gasteiger partial charge on any atom is 0.132 e. The number of nitriles is 1. The van der Waals surface area contributed by atoms with E-state index in [0.29, 0.717) is 10.9 Å². The fraction of sp³-hybridized carbons (Fsp3) is 0.318. The molecule has 0 amide bonds. The first kappa shape index (κ1) is 20.0. The lowest BCUT2D eigenvalue weighted by atomic mass is 9.87. The molecule has 2 heterocycles. The molecule has 1 aliphatic heterocycles. The summed E-state index contributed by atoms with van der Waals surface area (Å²) in [6.45, 7) is 1.89. The summed E-state index contributed by atoms with van der Waals surface area (Å²) in [6, 6.07) is 11.6. The molecule has 0 saturated carbocycles. The lowest BCUT2D eigenvalue weighted by Crippen LogP contribution is -2.46. The number of halogens is 3. The number of rotatable bonds is 4. The van der Waals surface area contributed by atoms with Gasteiger partial charge in [0, 0.05) is 39.2 Å². The highest BCUT2D eigenvalue weighted by Gasteiger charge is 2.39. The zero-order chi connectivity index (χ0) is 20.7. The minimum Gasteiger partial charge on any atom is -0.395 e. The zero-order valence-electron chi connectivity index (χ0n) is 15.8. The Labute approximate surface area is 175 Å². The summed E-state index contributed by atoms with van der Waals surface area (Å²) in [5.41, 5.74) is 2.63. The second kappa shape index (κ2) is 7.86. The number of aromatic nitrogens is 1. The summed E-state index contributed by atoms with van der Waals surface area (Å²) in [5, 5.41) is 19.9. The average molecular weight is 460 g/mol. The standard InChI is InChI=1S/C22H20BrF2N3O/c1-12-6-16-15-4-2-3-5-19(15)27-21(16)22(28(12)10-13(9-26)11-29)20-17(24)7-14(23)8-18(20)25/h2-5,7-8,12-13,22,27,29H,6,10-11H2,1H3. The summed E-state index contributed by atoms with van der Waals surface area (Å²) in [6.07, 6.45) is 0.680. The number of aliphatic hydroxyl groups excluding tert-OH is 1. The van der Waals surface area contributed by atoms with Gasteiger partial charge in [0.1, 0.15) is 11.6 Å². The SMILES string of the molecule is CC1Cc2c([nH]c3ccccc23)C(c2c(F)cc(Br)cc2F)N1CC(C#N)CO. The van der Waals surface area contributed by atoms with Crippen LogP contribution in [-0.2, 0) is 6.42 Å². The van der Waals surface area contributed by atoms with Crippen molar-refractivity contribution in [1.82, 2.24) is 9.88 Å². The molecule has 0 saturated heterocycles. The van der Waals surface area contributed by atoms with Gasteiger partial charge in [0.15, 0.2) is 0 Å². The zero-order valence-corrected chi connectivity index (χ0v) is 17.4. The second-order valence-electron chi connectivity index (χ2n) is 7.51. The lowest BCUT2D eigenvalue weighted by molar-refractivity contribution is 0.111. The molecule has 4 rings (SSSR count). The van der Waals surface area contributed by atoms with Crippen molar-refractivity contribution in [3.05, 3.63) is 69.3 Å². The smallest absolute Gasteiger partial charge is 0.132 e. The molecule has 0 spiro atoms. The van der Waals surface area contributed by atoms with Gasteiger partial charge in [-0.25, -0.2) is 8.78 Å². The molecule has 0 bridgehead atoms. The van der Waals surface area contributed by atoms with Gasteiger partial charge in [0.25, 0.3) is 0 Å². The van der Waals surface area contributed by atoms with Gasteiger partial charge in [-0.05, 0) is 37.1 Å². The third-order valence-corrected chi connectivity index (χ3v) is 6.13. The number of nitrogens with zero attached hydrogens (tertiary/aromatic N) is 2. The number of H-pyrrole nitrogens is 1. The number of hydrogen-bond donors (Lipinski definition) is 2. The van der Waals surface area contributed by atoms with E-state index < -0.39 is 23.6 Å². The van der Waals surface area contributed by atoms with Crippen molar-refractivity contribution < 1.29 is 13.9 Å². The number of fused-ring (bicyclic) bond motifs is 3. The van der Waals surface area contributed by atoms with E-state index in [1.54, 1.807) is 0 Å². The largest absolute Gasteiger partial charge is 0.395 e. The predicted octanol–water partition coefficient (Wildman–Crippen LogP) is 4.68. The first-order valence-corrected chi connectivity index (χ1v) is 10.2. The van der Waals surface area contributed by atoms with Crippen LogP contribution in [-0.4, -0.2) is 34.2 Å². The Hall–Kier alpha value is -2.27. The monoisotopic (exact) mass is 459 g/mol. The first-order valence-electron chi connectivity index (χ1n) is 9.44. The van der Waals surface area contributed by atoms with E-state index in [1.807, 2.05) is 36.1 Å². The molecule has 1 aliphatic rings. The van der Waals surface area contributed by atoms with Crippen LogP contribution >= 0.6 is 15.9 Å². The molecule has 0 fully saturated rings. The third-order valence-electron chi connectivity index (χ3n) is 5.67. The normalized spacial score (nSPS) is 20.4. The Bertz CT molecular complexity index is 1080. The topological polar surface area (TPSA) is 63.0 Å². The van der Waals surface area contributed by atoms with Gasteiger partial charge >= 0.3 is 0 Å². The Morgan fingerprint density at radius 3 is 2.66 bits per heavy atom. The minimum absolute atomic E-state index is 0.0535. The summed E-state index contributed by atoms with van der Waals surface area (Å²) in [7, 11) is 0. The van der Waals surface area contributed by atoms with Gasteiger partial charge in [-0.3, -0.25) is 4.90 Å². The highest BCUT2D eigenvalue weighted by atomic mass is 79.9. The Morgan fingerprint density at radius 1 is 1.31 bits per heavy atom. The number of aromatic amines is 1. The van der Waals surface area contributed by atoms with Gasteiger partial charge in [-0.1, -0.05) is 34.1 Å². The summed E-state index contributed by atoms with van der Waals surface area (Å²) < 4.78 is 30.4. The van der Waals surface area contributed by atoms with E-state index in [-0.39, 0.29) is 24.8 Å². The van der Waals surface area contributed by atoms with Crippen LogP contribution in [0.5, 0.6) is 0 Å². The van der Waals surface area contributed by atoms with Crippen molar-refractivity contribution in [3.8, 4) is 6.07 Å². The van der Waals surface area contributed by atoms with Gasteiger partial charge in [-0.2, -0.15) is 5.26 Å². The predicted molar refractivity (Wildman–Crippen MR) is 110 cm³/mol. The van der Waals surface area contributed by atoms with Crippen LogP contribution in [0.15, 0.2) is 40.9 Å². The molecule has 2 N–H and O–H groups in total. The van der Waals surface area contributed by atoms with Crippen molar-refractivity contribution in [1.29, 1.82) is 5.26 Å². The van der Waals surface area contributed by atoms with Crippen molar-refractivity contribution in [3.63, 3.8) is 0 Å². The molecule has 0 aliphatic carbocycles. The quantitative estimate of drug-likeness (QED) is 0.595. The van der Waals surface area contributed by atoms with Crippen molar-refractivity contribution in [2.75, 3.05) is 13.2 Å². The maximum absolute atomic E-state index is 15.0. The van der Waals surface area contributed by atoms with Crippen LogP contribution in [0.25, 0.3) is 10.9 Å². The van der Waals surface area contributed by atoms with Crippen molar-refractivity contribution >= 4 is 26.8 Å². The number of aliphatic hydroxyl groups is 1. The highest BCUT2D eigenvalue weighted by Crippen LogP contribution is 2.43. The molecule has 29 heavy (non-hydrogen) atoms. The Morgan fingerprint density at radius 2 is 2.00 bits per heavy atom. The highest BCUT2D eigenvalue weighted by molar-refractivity contribution is 9.10. The fourth-order valence-electron chi connectivity index (χ4n) is 4.31. The van der Waals surface area contributed by atoms with Crippen molar-refractivity contribution in [2.45, 2.75) is 25.4 Å². The number of benzene rings is 2. The molecule has 3 atom stereocenters. The number of para-hydroxylation sites is 1. The van der Waals surface area contributed by atoms with Crippen LogP contribution in [0.1, 0.15) is 29.8 Å².